The van der Waals surface area contributed by atoms with Gasteiger partial charge in [-0.05, 0) is 37.5 Å². The third-order valence-electron chi connectivity index (χ3n) is 3.83. The zero-order valence-electron chi connectivity index (χ0n) is 15.9. The fourth-order valence-electron chi connectivity index (χ4n) is 2.45. The summed E-state index contributed by atoms with van der Waals surface area (Å²) in [5.41, 5.74) is -0.0773. The van der Waals surface area contributed by atoms with Gasteiger partial charge >= 0.3 is 11.9 Å². The number of carbonyl (C=O) groups is 2. The quantitative estimate of drug-likeness (QED) is 0.656. The van der Waals surface area contributed by atoms with Crippen LogP contribution in [-0.2, 0) is 19.5 Å². The summed E-state index contributed by atoms with van der Waals surface area (Å²) in [4.78, 5) is 23.4. The van der Waals surface area contributed by atoms with Crippen LogP contribution < -0.4 is 4.72 Å². The smallest absolute Gasteiger partial charge is 0.337 e. The van der Waals surface area contributed by atoms with E-state index in [1.54, 1.807) is 6.92 Å². The number of ether oxygens (including phenoxy) is 2. The van der Waals surface area contributed by atoms with Gasteiger partial charge in [-0.25, -0.2) is 22.7 Å². The molecular formula is C18H27NO6S. The number of methoxy groups -OCH3 is 2. The molecule has 1 aromatic carbocycles. The van der Waals surface area contributed by atoms with E-state index in [4.69, 9.17) is 0 Å². The van der Waals surface area contributed by atoms with Crippen LogP contribution in [0, 0.1) is 5.92 Å². The predicted octanol–water partition coefficient (Wildman–Crippen LogP) is 2.75. The minimum atomic E-state index is -3.90. The zero-order valence-corrected chi connectivity index (χ0v) is 16.7. The average Bonchev–Trinajstić information content (AvgIpc) is 2.59. The van der Waals surface area contributed by atoms with Crippen molar-refractivity contribution in [3.05, 3.63) is 29.3 Å². The van der Waals surface area contributed by atoms with Gasteiger partial charge in [-0.1, -0.05) is 26.7 Å². The van der Waals surface area contributed by atoms with Crippen LogP contribution in [0.15, 0.2) is 23.1 Å². The molecule has 7 nitrogen and oxygen atoms in total. The number of hydrogen-bond acceptors (Lipinski definition) is 6. The van der Waals surface area contributed by atoms with Gasteiger partial charge < -0.3 is 9.47 Å². The molecular weight excluding hydrogens is 358 g/mol. The van der Waals surface area contributed by atoms with E-state index in [2.05, 4.69) is 28.0 Å². The summed E-state index contributed by atoms with van der Waals surface area (Å²) >= 11 is 0. The summed E-state index contributed by atoms with van der Waals surface area (Å²) in [6.45, 7) is 6.01. The van der Waals surface area contributed by atoms with Crippen molar-refractivity contribution in [3.63, 3.8) is 0 Å². The second kappa shape index (κ2) is 9.68. The maximum atomic E-state index is 12.7. The van der Waals surface area contributed by atoms with Gasteiger partial charge in [-0.2, -0.15) is 0 Å². The Hall–Kier alpha value is -1.93. The maximum absolute atomic E-state index is 12.7. The summed E-state index contributed by atoms with van der Waals surface area (Å²) in [5, 5.41) is 0. The lowest BCUT2D eigenvalue weighted by atomic mass is 10.0. The first-order chi connectivity index (χ1) is 12.1. The highest BCUT2D eigenvalue weighted by atomic mass is 32.2. The molecule has 26 heavy (non-hydrogen) atoms. The summed E-state index contributed by atoms with van der Waals surface area (Å²) in [6.07, 6.45) is 2.60. The molecule has 1 rings (SSSR count). The summed E-state index contributed by atoms with van der Waals surface area (Å²) in [6, 6.07) is 3.33. The highest BCUT2D eigenvalue weighted by Gasteiger charge is 2.22. The molecule has 1 N–H and O–H groups in total. The number of esters is 2. The lowest BCUT2D eigenvalue weighted by Crippen LogP contribution is -2.33. The minimum Gasteiger partial charge on any atom is -0.465 e. The van der Waals surface area contributed by atoms with E-state index in [9.17, 15) is 18.0 Å². The SMILES string of the molecule is COC(=O)c1cc(C(=O)OC)cc(S(=O)(=O)NC(C)CCCC(C)C)c1. The van der Waals surface area contributed by atoms with Gasteiger partial charge in [0.25, 0.3) is 0 Å². The Labute approximate surface area is 155 Å². The molecule has 8 heteroatoms. The van der Waals surface area contributed by atoms with Crippen molar-refractivity contribution < 1.29 is 27.5 Å². The van der Waals surface area contributed by atoms with Gasteiger partial charge in [0, 0.05) is 6.04 Å². The molecule has 0 saturated carbocycles. The number of sulfonamides is 1. The van der Waals surface area contributed by atoms with Gasteiger partial charge in [0.2, 0.25) is 10.0 Å². The molecule has 0 aliphatic carbocycles. The van der Waals surface area contributed by atoms with Crippen LogP contribution >= 0.6 is 0 Å². The number of hydrogen-bond donors (Lipinski definition) is 1. The van der Waals surface area contributed by atoms with Crippen molar-refractivity contribution in [2.24, 2.45) is 5.92 Å². The van der Waals surface area contributed by atoms with Crippen LogP contribution in [0.3, 0.4) is 0 Å². The van der Waals surface area contributed by atoms with Crippen LogP contribution in [0.25, 0.3) is 0 Å². The van der Waals surface area contributed by atoms with E-state index >= 15 is 0 Å². The van der Waals surface area contributed by atoms with Crippen molar-refractivity contribution in [1.29, 1.82) is 0 Å². The Kier molecular flexibility index (Phi) is 8.23. The standard InChI is InChI=1S/C18H27NO6S/c1-12(2)7-6-8-13(3)19-26(22,23)16-10-14(17(20)24-4)9-15(11-16)18(21)25-5/h9-13,19H,6-8H2,1-5H3. The number of nitrogens with one attached hydrogen (secondary N) is 1. The molecule has 0 radical (unpaired) electrons. The Morgan fingerprint density at radius 2 is 1.46 bits per heavy atom. The molecule has 1 aromatic rings. The highest BCUT2D eigenvalue weighted by Crippen LogP contribution is 2.18. The second-order valence-corrected chi connectivity index (χ2v) is 8.29. The number of benzene rings is 1. The zero-order chi connectivity index (χ0) is 19.9. The number of rotatable bonds is 9. The molecule has 0 spiro atoms. The molecule has 0 fully saturated rings. The van der Waals surface area contributed by atoms with Gasteiger partial charge in [0.05, 0.1) is 30.2 Å². The van der Waals surface area contributed by atoms with Crippen LogP contribution in [0.4, 0.5) is 0 Å². The Bertz CT molecular complexity index is 708. The Balaban J connectivity index is 3.10. The normalized spacial score (nSPS) is 12.7. The third kappa shape index (κ3) is 6.42. The van der Waals surface area contributed by atoms with E-state index in [1.807, 2.05) is 0 Å². The molecule has 1 atom stereocenters. The van der Waals surface area contributed by atoms with Gasteiger partial charge in [-0.15, -0.1) is 0 Å². The van der Waals surface area contributed by atoms with E-state index < -0.39 is 22.0 Å². The van der Waals surface area contributed by atoms with Crippen LogP contribution in [0.1, 0.15) is 60.7 Å². The second-order valence-electron chi connectivity index (χ2n) is 6.58. The molecule has 0 heterocycles. The first kappa shape index (κ1) is 22.1. The van der Waals surface area contributed by atoms with Gasteiger partial charge in [-0.3, -0.25) is 0 Å². The first-order valence-corrected chi connectivity index (χ1v) is 9.93. The molecule has 1 unspecified atom stereocenters. The Morgan fingerprint density at radius 1 is 0.962 bits per heavy atom. The van der Waals surface area contributed by atoms with E-state index in [-0.39, 0.29) is 22.1 Å². The van der Waals surface area contributed by atoms with Crippen molar-refractivity contribution in [2.75, 3.05) is 14.2 Å². The molecule has 0 bridgehead atoms. The van der Waals surface area contributed by atoms with Gasteiger partial charge in [0.1, 0.15) is 0 Å². The fraction of sp³-hybridized carbons (Fsp3) is 0.556. The molecule has 0 amide bonds. The maximum Gasteiger partial charge on any atom is 0.337 e. The topological polar surface area (TPSA) is 98.8 Å². The third-order valence-corrected chi connectivity index (χ3v) is 5.40. The van der Waals surface area contributed by atoms with E-state index in [1.165, 1.54) is 32.4 Å². The fourth-order valence-corrected chi connectivity index (χ4v) is 3.80. The Morgan fingerprint density at radius 3 is 1.88 bits per heavy atom. The van der Waals surface area contributed by atoms with E-state index in [0.29, 0.717) is 12.3 Å². The molecule has 0 aliphatic rings. The number of carbonyl (C=O) groups excluding carboxylic acids is 2. The largest absolute Gasteiger partial charge is 0.465 e. The van der Waals surface area contributed by atoms with Crippen molar-refractivity contribution in [3.8, 4) is 0 Å². The van der Waals surface area contributed by atoms with Crippen LogP contribution in [0.5, 0.6) is 0 Å². The van der Waals surface area contributed by atoms with E-state index in [0.717, 1.165) is 12.8 Å². The summed E-state index contributed by atoms with van der Waals surface area (Å²) < 4.78 is 37.1. The monoisotopic (exact) mass is 385 g/mol. The predicted molar refractivity (Wildman–Crippen MR) is 97.6 cm³/mol. The molecule has 0 aliphatic heterocycles. The minimum absolute atomic E-state index is 0.0387. The molecule has 0 aromatic heterocycles. The lowest BCUT2D eigenvalue weighted by Gasteiger charge is -2.16. The molecule has 0 saturated heterocycles. The summed E-state index contributed by atoms with van der Waals surface area (Å²) in [5.74, 6) is -0.924. The first-order valence-electron chi connectivity index (χ1n) is 8.44. The lowest BCUT2D eigenvalue weighted by molar-refractivity contribution is 0.0598. The summed E-state index contributed by atoms with van der Waals surface area (Å²) in [7, 11) is -1.55. The van der Waals surface area contributed by atoms with Gasteiger partial charge in [0.15, 0.2) is 0 Å². The van der Waals surface area contributed by atoms with Crippen molar-refractivity contribution in [1.82, 2.24) is 4.72 Å². The molecule has 146 valence electrons. The van der Waals surface area contributed by atoms with Crippen molar-refractivity contribution in [2.45, 2.75) is 51.0 Å². The average molecular weight is 385 g/mol. The highest BCUT2D eigenvalue weighted by molar-refractivity contribution is 7.89. The van der Waals surface area contributed by atoms with Crippen molar-refractivity contribution >= 4 is 22.0 Å². The van der Waals surface area contributed by atoms with Crippen LogP contribution in [-0.4, -0.2) is 40.6 Å². The van der Waals surface area contributed by atoms with Crippen LogP contribution in [0.2, 0.25) is 0 Å².